The van der Waals surface area contributed by atoms with Crippen LogP contribution in [0.5, 0.6) is 0 Å². The van der Waals surface area contributed by atoms with Crippen LogP contribution < -0.4 is 10.6 Å². The molecule has 0 bridgehead atoms. The summed E-state index contributed by atoms with van der Waals surface area (Å²) in [6, 6.07) is -0.0298. The van der Waals surface area contributed by atoms with Crippen LogP contribution >= 0.6 is 12.2 Å². The van der Waals surface area contributed by atoms with E-state index >= 15 is 0 Å². The average molecular weight is 242 g/mol. The van der Waals surface area contributed by atoms with Gasteiger partial charge in [0.15, 0.2) is 5.11 Å². The molecule has 0 aliphatic carbocycles. The number of esters is 1. The number of hydrogen-bond donors (Lipinski definition) is 2. The second-order valence-electron chi connectivity index (χ2n) is 3.70. The van der Waals surface area contributed by atoms with Gasteiger partial charge in [-0.3, -0.25) is 0 Å². The molecule has 1 unspecified atom stereocenters. The highest BCUT2D eigenvalue weighted by Gasteiger charge is 2.28. The molecule has 0 aromatic rings. The van der Waals surface area contributed by atoms with Crippen LogP contribution in [0.3, 0.4) is 0 Å². The Kier molecular flexibility index (Phi) is 4.73. The highest BCUT2D eigenvalue weighted by atomic mass is 32.1. The molecule has 2 N–H and O–H groups in total. The van der Waals surface area contributed by atoms with Gasteiger partial charge >= 0.3 is 5.97 Å². The van der Waals surface area contributed by atoms with Gasteiger partial charge in [-0.1, -0.05) is 13.3 Å². The summed E-state index contributed by atoms with van der Waals surface area (Å²) in [7, 11) is 0. The first-order chi connectivity index (χ1) is 7.60. The van der Waals surface area contributed by atoms with E-state index in [1.807, 2.05) is 6.92 Å². The van der Waals surface area contributed by atoms with Crippen molar-refractivity contribution in [3.05, 3.63) is 11.3 Å². The monoisotopic (exact) mass is 242 g/mol. The Hall–Kier alpha value is -1.10. The molecule has 16 heavy (non-hydrogen) atoms. The van der Waals surface area contributed by atoms with Crippen molar-refractivity contribution >= 4 is 23.3 Å². The van der Waals surface area contributed by atoms with E-state index in [-0.39, 0.29) is 12.0 Å². The fourth-order valence-corrected chi connectivity index (χ4v) is 2.07. The van der Waals surface area contributed by atoms with Crippen LogP contribution in [0.1, 0.15) is 33.6 Å². The molecule has 1 rings (SSSR count). The van der Waals surface area contributed by atoms with E-state index in [4.69, 9.17) is 17.0 Å². The lowest BCUT2D eigenvalue weighted by atomic mass is 9.99. The van der Waals surface area contributed by atoms with Crippen molar-refractivity contribution in [1.29, 1.82) is 0 Å². The van der Waals surface area contributed by atoms with Gasteiger partial charge in [-0.05, 0) is 32.5 Å². The van der Waals surface area contributed by atoms with Gasteiger partial charge in [-0.2, -0.15) is 0 Å². The fraction of sp³-hybridized carbons (Fsp3) is 0.636. The van der Waals surface area contributed by atoms with Crippen molar-refractivity contribution in [3.8, 4) is 0 Å². The number of ether oxygens (including phenoxy) is 1. The molecule has 0 spiro atoms. The van der Waals surface area contributed by atoms with E-state index in [0.717, 1.165) is 18.5 Å². The Morgan fingerprint density at radius 3 is 2.75 bits per heavy atom. The summed E-state index contributed by atoms with van der Waals surface area (Å²) >= 11 is 5.07. The maximum atomic E-state index is 11.8. The number of carbonyl (C=O) groups is 1. The Morgan fingerprint density at radius 1 is 1.50 bits per heavy atom. The predicted octanol–water partition coefficient (Wildman–Crippen LogP) is 1.47. The molecule has 1 aliphatic rings. The Bertz CT molecular complexity index is 326. The summed E-state index contributed by atoms with van der Waals surface area (Å²) in [5.41, 5.74) is 1.46. The van der Waals surface area contributed by atoms with Gasteiger partial charge in [0.2, 0.25) is 0 Å². The zero-order chi connectivity index (χ0) is 12.1. The Balaban J connectivity index is 2.92. The van der Waals surface area contributed by atoms with E-state index in [1.165, 1.54) is 0 Å². The summed E-state index contributed by atoms with van der Waals surface area (Å²) in [6.45, 7) is 6.11. The smallest absolute Gasteiger partial charge is 0.337 e. The average Bonchev–Trinajstić information content (AvgIpc) is 2.17. The van der Waals surface area contributed by atoms with E-state index in [9.17, 15) is 4.79 Å². The van der Waals surface area contributed by atoms with Crippen molar-refractivity contribution in [2.24, 2.45) is 0 Å². The summed E-state index contributed by atoms with van der Waals surface area (Å²) in [5.74, 6) is -0.263. The fourth-order valence-electron chi connectivity index (χ4n) is 1.77. The van der Waals surface area contributed by atoms with Crippen LogP contribution in [0.4, 0.5) is 0 Å². The first-order valence-electron chi connectivity index (χ1n) is 5.55. The molecule has 0 aromatic carbocycles. The van der Waals surface area contributed by atoms with Crippen LogP contribution in [0.15, 0.2) is 11.3 Å². The standard InChI is InChI=1S/C11H18N2O2S/c1-4-6-8-9(10(14)15-5-2)7(3)12-11(16)13-8/h8H,4-6H2,1-3H3,(H2,12,13,16). The van der Waals surface area contributed by atoms with Gasteiger partial charge in [0.25, 0.3) is 0 Å². The first kappa shape index (κ1) is 13.0. The molecule has 90 valence electrons. The summed E-state index contributed by atoms with van der Waals surface area (Å²) < 4.78 is 5.04. The van der Waals surface area contributed by atoms with E-state index in [0.29, 0.717) is 17.3 Å². The molecule has 1 aliphatic heterocycles. The lowest BCUT2D eigenvalue weighted by molar-refractivity contribution is -0.139. The third-order valence-corrected chi connectivity index (χ3v) is 2.65. The predicted molar refractivity (Wildman–Crippen MR) is 66.9 cm³/mol. The van der Waals surface area contributed by atoms with Crippen LogP contribution in [-0.4, -0.2) is 23.7 Å². The van der Waals surface area contributed by atoms with E-state index in [1.54, 1.807) is 6.92 Å². The zero-order valence-electron chi connectivity index (χ0n) is 9.92. The number of thiocarbonyl (C=S) groups is 1. The van der Waals surface area contributed by atoms with E-state index in [2.05, 4.69) is 17.6 Å². The summed E-state index contributed by atoms with van der Waals surface area (Å²) in [6.07, 6.45) is 1.85. The minimum atomic E-state index is -0.263. The van der Waals surface area contributed by atoms with Gasteiger partial charge in [-0.25, -0.2) is 4.79 Å². The van der Waals surface area contributed by atoms with Gasteiger partial charge < -0.3 is 15.4 Å². The summed E-state index contributed by atoms with van der Waals surface area (Å²) in [4.78, 5) is 11.8. The molecule has 5 heteroatoms. The Morgan fingerprint density at radius 2 is 2.19 bits per heavy atom. The topological polar surface area (TPSA) is 50.4 Å². The van der Waals surface area contributed by atoms with Crippen molar-refractivity contribution < 1.29 is 9.53 Å². The van der Waals surface area contributed by atoms with Crippen molar-refractivity contribution in [2.45, 2.75) is 39.7 Å². The second kappa shape index (κ2) is 5.84. The third-order valence-electron chi connectivity index (χ3n) is 2.43. The highest BCUT2D eigenvalue weighted by Crippen LogP contribution is 2.17. The van der Waals surface area contributed by atoms with Crippen LogP contribution in [-0.2, 0) is 9.53 Å². The molecule has 0 amide bonds. The van der Waals surface area contributed by atoms with Crippen molar-refractivity contribution in [3.63, 3.8) is 0 Å². The lowest BCUT2D eigenvalue weighted by Gasteiger charge is -2.29. The number of carbonyl (C=O) groups excluding carboxylic acids is 1. The van der Waals surface area contributed by atoms with Gasteiger partial charge in [0, 0.05) is 5.70 Å². The first-order valence-corrected chi connectivity index (χ1v) is 5.96. The number of hydrogen-bond acceptors (Lipinski definition) is 3. The van der Waals surface area contributed by atoms with Crippen LogP contribution in [0, 0.1) is 0 Å². The van der Waals surface area contributed by atoms with Crippen molar-refractivity contribution in [2.75, 3.05) is 6.61 Å². The maximum Gasteiger partial charge on any atom is 0.337 e. The molecule has 0 saturated heterocycles. The van der Waals surface area contributed by atoms with Gasteiger partial charge in [0.1, 0.15) is 0 Å². The van der Waals surface area contributed by atoms with Gasteiger partial charge in [0.05, 0.1) is 18.2 Å². The molecular formula is C11H18N2O2S. The molecule has 0 fully saturated rings. The largest absolute Gasteiger partial charge is 0.463 e. The number of nitrogens with one attached hydrogen (secondary N) is 2. The molecule has 0 radical (unpaired) electrons. The second-order valence-corrected chi connectivity index (χ2v) is 4.11. The lowest BCUT2D eigenvalue weighted by Crippen LogP contribution is -2.49. The van der Waals surface area contributed by atoms with Crippen LogP contribution in [0.2, 0.25) is 0 Å². The molecular weight excluding hydrogens is 224 g/mol. The number of allylic oxidation sites excluding steroid dienone is 1. The SMILES string of the molecule is CCCC1NC(=S)NC(C)=C1C(=O)OCC. The molecule has 4 nitrogen and oxygen atoms in total. The summed E-state index contributed by atoms with van der Waals surface area (Å²) in [5, 5.41) is 6.63. The quantitative estimate of drug-likeness (QED) is 0.577. The maximum absolute atomic E-state index is 11.8. The van der Waals surface area contributed by atoms with E-state index < -0.39 is 0 Å². The highest BCUT2D eigenvalue weighted by molar-refractivity contribution is 7.80. The third kappa shape index (κ3) is 2.95. The molecule has 1 heterocycles. The van der Waals surface area contributed by atoms with Gasteiger partial charge in [-0.15, -0.1) is 0 Å². The minimum Gasteiger partial charge on any atom is -0.463 e. The van der Waals surface area contributed by atoms with Crippen molar-refractivity contribution in [1.82, 2.24) is 10.6 Å². The minimum absolute atomic E-state index is 0.0298. The molecule has 1 atom stereocenters. The normalized spacial score (nSPS) is 20.2. The Labute approximate surface area is 101 Å². The number of rotatable bonds is 4. The van der Waals surface area contributed by atoms with Crippen LogP contribution in [0.25, 0.3) is 0 Å². The molecule has 0 saturated carbocycles. The zero-order valence-corrected chi connectivity index (χ0v) is 10.7. The molecule has 0 aromatic heterocycles.